The SMILES string of the molecule is COC(=O)COc1ccc(/C=C2/NC(=O)N(Cc3ccccc3F)C2=O)cc1Br. The van der Waals surface area contributed by atoms with Crippen LogP contribution in [0.5, 0.6) is 5.75 Å². The number of amides is 3. The number of rotatable bonds is 6. The lowest BCUT2D eigenvalue weighted by Crippen LogP contribution is -2.30. The third-order valence-corrected chi connectivity index (χ3v) is 4.71. The monoisotopic (exact) mass is 462 g/mol. The Morgan fingerprint density at radius 2 is 2.00 bits per heavy atom. The van der Waals surface area contributed by atoms with Crippen LogP contribution in [-0.4, -0.2) is 36.5 Å². The summed E-state index contributed by atoms with van der Waals surface area (Å²) in [5.74, 6) is -1.14. The first kappa shape index (κ1) is 20.5. The number of methoxy groups -OCH3 is 1. The Bertz CT molecular complexity index is 1010. The van der Waals surface area contributed by atoms with Gasteiger partial charge in [-0.05, 0) is 45.8 Å². The Labute approximate surface area is 174 Å². The van der Waals surface area contributed by atoms with Crippen LogP contribution in [0.15, 0.2) is 52.6 Å². The second-order valence-corrected chi connectivity index (χ2v) is 6.88. The molecule has 1 saturated heterocycles. The largest absolute Gasteiger partial charge is 0.481 e. The second kappa shape index (κ2) is 8.87. The van der Waals surface area contributed by atoms with Crippen molar-refractivity contribution >= 4 is 39.9 Å². The van der Waals surface area contributed by atoms with Crippen molar-refractivity contribution in [3.8, 4) is 5.75 Å². The second-order valence-electron chi connectivity index (χ2n) is 6.03. The van der Waals surface area contributed by atoms with Crippen molar-refractivity contribution in [1.82, 2.24) is 10.2 Å². The van der Waals surface area contributed by atoms with E-state index in [9.17, 15) is 18.8 Å². The van der Waals surface area contributed by atoms with Crippen LogP contribution < -0.4 is 10.1 Å². The number of hydrogen-bond acceptors (Lipinski definition) is 5. The van der Waals surface area contributed by atoms with Crippen molar-refractivity contribution in [2.24, 2.45) is 0 Å². The number of ether oxygens (including phenoxy) is 2. The van der Waals surface area contributed by atoms with E-state index in [2.05, 4.69) is 26.0 Å². The molecule has 3 rings (SSSR count). The van der Waals surface area contributed by atoms with E-state index >= 15 is 0 Å². The molecule has 2 aromatic carbocycles. The molecule has 29 heavy (non-hydrogen) atoms. The number of halogens is 2. The van der Waals surface area contributed by atoms with Crippen LogP contribution in [0, 0.1) is 5.82 Å². The number of imide groups is 1. The molecule has 150 valence electrons. The Morgan fingerprint density at radius 1 is 1.24 bits per heavy atom. The van der Waals surface area contributed by atoms with Crippen molar-refractivity contribution in [1.29, 1.82) is 0 Å². The lowest BCUT2D eigenvalue weighted by atomic mass is 10.1. The molecule has 0 bridgehead atoms. The van der Waals surface area contributed by atoms with E-state index in [0.29, 0.717) is 15.8 Å². The summed E-state index contributed by atoms with van der Waals surface area (Å²) >= 11 is 3.33. The zero-order valence-electron chi connectivity index (χ0n) is 15.3. The summed E-state index contributed by atoms with van der Waals surface area (Å²) in [7, 11) is 1.26. The molecule has 1 aliphatic rings. The maximum Gasteiger partial charge on any atom is 0.343 e. The van der Waals surface area contributed by atoms with Gasteiger partial charge in [0.15, 0.2) is 6.61 Å². The van der Waals surface area contributed by atoms with Crippen molar-refractivity contribution in [3.63, 3.8) is 0 Å². The Hall–Kier alpha value is -3.20. The van der Waals surface area contributed by atoms with Crippen LogP contribution in [0.3, 0.4) is 0 Å². The van der Waals surface area contributed by atoms with Crippen LogP contribution >= 0.6 is 15.9 Å². The molecule has 3 amide bonds. The molecule has 1 aliphatic heterocycles. The van der Waals surface area contributed by atoms with Gasteiger partial charge in [0.1, 0.15) is 17.3 Å². The maximum atomic E-state index is 13.8. The van der Waals surface area contributed by atoms with E-state index in [1.165, 1.54) is 31.4 Å². The number of carbonyl (C=O) groups excluding carboxylic acids is 3. The van der Waals surface area contributed by atoms with Gasteiger partial charge in [0, 0.05) is 5.56 Å². The van der Waals surface area contributed by atoms with E-state index < -0.39 is 23.7 Å². The predicted octanol–water partition coefficient (Wildman–Crippen LogP) is 3.23. The Morgan fingerprint density at radius 3 is 2.69 bits per heavy atom. The standard InChI is InChI=1S/C20H16BrFN2O5/c1-28-18(25)11-29-17-7-6-12(8-14(17)21)9-16-19(26)24(20(27)23-16)10-13-4-2-3-5-15(13)22/h2-9H,10-11H2,1H3,(H,23,27)/b16-9+. The van der Waals surface area contributed by atoms with Gasteiger partial charge < -0.3 is 14.8 Å². The third-order valence-electron chi connectivity index (χ3n) is 4.09. The highest BCUT2D eigenvalue weighted by Crippen LogP contribution is 2.27. The van der Waals surface area contributed by atoms with Gasteiger partial charge in [-0.15, -0.1) is 0 Å². The quantitative estimate of drug-likeness (QED) is 0.404. The van der Waals surface area contributed by atoms with Crippen molar-refractivity contribution in [3.05, 3.63) is 69.6 Å². The molecule has 0 saturated carbocycles. The Balaban J connectivity index is 1.74. The van der Waals surface area contributed by atoms with Gasteiger partial charge in [0.25, 0.3) is 5.91 Å². The van der Waals surface area contributed by atoms with E-state index in [1.54, 1.807) is 24.3 Å². The number of esters is 1. The van der Waals surface area contributed by atoms with E-state index in [-0.39, 0.29) is 24.4 Å². The summed E-state index contributed by atoms with van der Waals surface area (Å²) in [6.07, 6.45) is 1.50. The fourth-order valence-electron chi connectivity index (χ4n) is 2.60. The molecule has 2 aromatic rings. The molecule has 1 heterocycles. The average molecular weight is 463 g/mol. The normalized spacial score (nSPS) is 14.9. The molecular weight excluding hydrogens is 447 g/mol. The van der Waals surface area contributed by atoms with Crippen LogP contribution in [0.2, 0.25) is 0 Å². The van der Waals surface area contributed by atoms with Gasteiger partial charge in [0.05, 0.1) is 18.1 Å². The minimum absolute atomic E-state index is 0.0708. The predicted molar refractivity (Wildman–Crippen MR) is 105 cm³/mol. The summed E-state index contributed by atoms with van der Waals surface area (Å²) in [6, 6.07) is 10.3. The summed E-state index contributed by atoms with van der Waals surface area (Å²) in [6.45, 7) is -0.409. The van der Waals surface area contributed by atoms with Gasteiger partial charge in [-0.1, -0.05) is 24.3 Å². The fraction of sp³-hybridized carbons (Fsp3) is 0.150. The van der Waals surface area contributed by atoms with Gasteiger partial charge in [-0.3, -0.25) is 9.69 Å². The minimum Gasteiger partial charge on any atom is -0.481 e. The molecule has 1 N–H and O–H groups in total. The number of hydrogen-bond donors (Lipinski definition) is 1. The molecule has 1 fully saturated rings. The molecule has 0 radical (unpaired) electrons. The molecule has 0 unspecified atom stereocenters. The summed E-state index contributed by atoms with van der Waals surface area (Å²) in [4.78, 5) is 36.8. The number of urea groups is 1. The first-order valence-electron chi connectivity index (χ1n) is 8.46. The van der Waals surface area contributed by atoms with Gasteiger partial charge >= 0.3 is 12.0 Å². The molecule has 9 heteroatoms. The van der Waals surface area contributed by atoms with Crippen LogP contribution in [-0.2, 0) is 20.9 Å². The van der Waals surface area contributed by atoms with Crippen LogP contribution in [0.25, 0.3) is 6.08 Å². The first-order valence-corrected chi connectivity index (χ1v) is 9.25. The summed E-state index contributed by atoms with van der Waals surface area (Å²) in [5, 5.41) is 2.49. The van der Waals surface area contributed by atoms with Crippen LogP contribution in [0.1, 0.15) is 11.1 Å². The first-order chi connectivity index (χ1) is 13.9. The number of nitrogens with one attached hydrogen (secondary N) is 1. The van der Waals surface area contributed by atoms with E-state index in [0.717, 1.165) is 4.90 Å². The zero-order chi connectivity index (χ0) is 21.0. The summed E-state index contributed by atoms with van der Waals surface area (Å²) in [5.41, 5.74) is 0.923. The smallest absolute Gasteiger partial charge is 0.343 e. The fourth-order valence-corrected chi connectivity index (χ4v) is 3.11. The topological polar surface area (TPSA) is 84.9 Å². The van der Waals surface area contributed by atoms with Gasteiger partial charge in [-0.25, -0.2) is 14.0 Å². The van der Waals surface area contributed by atoms with E-state index in [1.807, 2.05) is 0 Å². The molecule has 0 atom stereocenters. The zero-order valence-corrected chi connectivity index (χ0v) is 16.9. The van der Waals surface area contributed by atoms with Crippen molar-refractivity contribution < 1.29 is 28.2 Å². The molecular formula is C20H16BrFN2O5. The van der Waals surface area contributed by atoms with Crippen LogP contribution in [0.4, 0.5) is 9.18 Å². The maximum absolute atomic E-state index is 13.8. The minimum atomic E-state index is -0.624. The molecule has 0 aromatic heterocycles. The van der Waals surface area contributed by atoms with Gasteiger partial charge in [-0.2, -0.15) is 0 Å². The molecule has 0 spiro atoms. The highest BCUT2D eigenvalue weighted by atomic mass is 79.9. The number of carbonyl (C=O) groups is 3. The average Bonchev–Trinajstić information content (AvgIpc) is 2.96. The van der Waals surface area contributed by atoms with E-state index in [4.69, 9.17) is 4.74 Å². The van der Waals surface area contributed by atoms with Crippen molar-refractivity contribution in [2.75, 3.05) is 13.7 Å². The summed E-state index contributed by atoms with van der Waals surface area (Å²) < 4.78 is 24.2. The Kier molecular flexibility index (Phi) is 6.28. The van der Waals surface area contributed by atoms with Crippen molar-refractivity contribution in [2.45, 2.75) is 6.54 Å². The molecule has 7 nitrogen and oxygen atoms in total. The highest BCUT2D eigenvalue weighted by Gasteiger charge is 2.34. The molecule has 0 aliphatic carbocycles. The lowest BCUT2D eigenvalue weighted by Gasteiger charge is -2.12. The third kappa shape index (κ3) is 4.80. The lowest BCUT2D eigenvalue weighted by molar-refractivity contribution is -0.142. The number of benzene rings is 2. The number of nitrogens with zero attached hydrogens (tertiary/aromatic N) is 1. The van der Waals surface area contributed by atoms with Gasteiger partial charge in [0.2, 0.25) is 0 Å². The highest BCUT2D eigenvalue weighted by molar-refractivity contribution is 9.10.